The summed E-state index contributed by atoms with van der Waals surface area (Å²) in [7, 11) is 0. The van der Waals surface area contributed by atoms with Crippen molar-refractivity contribution in [2.45, 2.75) is 19.4 Å². The highest BCUT2D eigenvalue weighted by molar-refractivity contribution is 6.29. The monoisotopic (exact) mass is 172 g/mol. The summed E-state index contributed by atoms with van der Waals surface area (Å²) < 4.78 is 0. The molecule has 4 heteroatoms. The summed E-state index contributed by atoms with van der Waals surface area (Å²) >= 11 is 5.59. The highest BCUT2D eigenvalue weighted by Crippen LogP contribution is 2.18. The Morgan fingerprint density at radius 2 is 2.09 bits per heavy atom. The van der Waals surface area contributed by atoms with Crippen molar-refractivity contribution in [3.63, 3.8) is 0 Å². The molecule has 1 N–H and O–H groups in total. The molecule has 3 nitrogen and oxygen atoms in total. The van der Waals surface area contributed by atoms with Crippen LogP contribution in [0.1, 0.15) is 19.5 Å². The van der Waals surface area contributed by atoms with Gasteiger partial charge in [0.05, 0.1) is 5.69 Å². The van der Waals surface area contributed by atoms with Gasteiger partial charge in [0.2, 0.25) is 0 Å². The average molecular weight is 173 g/mol. The van der Waals surface area contributed by atoms with Crippen LogP contribution in [0.4, 0.5) is 0 Å². The minimum absolute atomic E-state index is 0.345. The Hall–Kier alpha value is -0.670. The second-order valence-electron chi connectivity index (χ2n) is 2.78. The van der Waals surface area contributed by atoms with Crippen molar-refractivity contribution < 1.29 is 5.11 Å². The van der Waals surface area contributed by atoms with Gasteiger partial charge in [-0.05, 0) is 19.9 Å². The maximum atomic E-state index is 9.46. The molecular formula is C7H9ClN2O. The fraction of sp³-hybridized carbons (Fsp3) is 0.429. The summed E-state index contributed by atoms with van der Waals surface area (Å²) in [5, 5.41) is 9.81. The summed E-state index contributed by atoms with van der Waals surface area (Å²) in [6, 6.07) is 1.54. The van der Waals surface area contributed by atoms with Crippen LogP contribution < -0.4 is 0 Å². The van der Waals surface area contributed by atoms with Crippen molar-refractivity contribution in [2.75, 3.05) is 0 Å². The predicted molar refractivity (Wildman–Crippen MR) is 42.3 cm³/mol. The summed E-state index contributed by atoms with van der Waals surface area (Å²) in [5.41, 5.74) is -0.426. The normalized spacial score (nSPS) is 11.6. The van der Waals surface area contributed by atoms with Crippen LogP contribution in [0, 0.1) is 0 Å². The molecule has 0 fully saturated rings. The predicted octanol–water partition coefficient (Wildman–Crippen LogP) is 1.36. The SMILES string of the molecule is CC(C)(O)c1cc(Cl)ncn1. The Balaban J connectivity index is 3.06. The molecule has 0 unspecified atom stereocenters. The third-order valence-electron chi connectivity index (χ3n) is 1.26. The highest BCUT2D eigenvalue weighted by Gasteiger charge is 2.17. The van der Waals surface area contributed by atoms with Gasteiger partial charge in [-0.2, -0.15) is 0 Å². The van der Waals surface area contributed by atoms with E-state index in [9.17, 15) is 5.11 Å². The number of hydrogen-bond acceptors (Lipinski definition) is 3. The van der Waals surface area contributed by atoms with Crippen molar-refractivity contribution in [2.24, 2.45) is 0 Å². The molecule has 60 valence electrons. The molecule has 0 radical (unpaired) electrons. The van der Waals surface area contributed by atoms with Gasteiger partial charge in [-0.25, -0.2) is 9.97 Å². The quantitative estimate of drug-likeness (QED) is 0.651. The lowest BCUT2D eigenvalue weighted by Crippen LogP contribution is -2.17. The zero-order valence-corrected chi connectivity index (χ0v) is 7.13. The molecule has 11 heavy (non-hydrogen) atoms. The van der Waals surface area contributed by atoms with Gasteiger partial charge in [-0.15, -0.1) is 0 Å². The number of aliphatic hydroxyl groups is 1. The molecule has 0 amide bonds. The molecule has 1 aromatic heterocycles. The topological polar surface area (TPSA) is 46.0 Å². The lowest BCUT2D eigenvalue weighted by Gasteiger charge is -2.15. The maximum absolute atomic E-state index is 9.46. The fourth-order valence-corrected chi connectivity index (χ4v) is 0.815. The first-order valence-electron chi connectivity index (χ1n) is 3.20. The summed E-state index contributed by atoms with van der Waals surface area (Å²) in [6.07, 6.45) is 1.33. The zero-order chi connectivity index (χ0) is 8.48. The minimum Gasteiger partial charge on any atom is -0.384 e. The van der Waals surface area contributed by atoms with Crippen LogP contribution in [0.2, 0.25) is 5.15 Å². The molecule has 0 atom stereocenters. The van der Waals surface area contributed by atoms with Crippen LogP contribution in [0.3, 0.4) is 0 Å². The summed E-state index contributed by atoms with van der Waals surface area (Å²) in [4.78, 5) is 7.56. The molecule has 0 saturated heterocycles. The highest BCUT2D eigenvalue weighted by atomic mass is 35.5. The summed E-state index contributed by atoms with van der Waals surface area (Å²) in [5.74, 6) is 0. The van der Waals surface area contributed by atoms with E-state index in [4.69, 9.17) is 11.6 Å². The van der Waals surface area contributed by atoms with Crippen molar-refractivity contribution >= 4 is 11.6 Å². The Labute approximate surface area is 70.1 Å². The van der Waals surface area contributed by atoms with Crippen molar-refractivity contribution in [3.05, 3.63) is 23.2 Å². The minimum atomic E-state index is -0.952. The summed E-state index contributed by atoms with van der Waals surface area (Å²) in [6.45, 7) is 3.29. The molecule has 0 spiro atoms. The number of nitrogens with zero attached hydrogens (tertiary/aromatic N) is 2. The molecule has 0 aromatic carbocycles. The Bertz CT molecular complexity index is 257. The van der Waals surface area contributed by atoms with Crippen LogP contribution in [0.25, 0.3) is 0 Å². The van der Waals surface area contributed by atoms with Crippen LogP contribution in [0.5, 0.6) is 0 Å². The second-order valence-corrected chi connectivity index (χ2v) is 3.17. The van der Waals surface area contributed by atoms with Crippen molar-refractivity contribution in [3.8, 4) is 0 Å². The van der Waals surface area contributed by atoms with Gasteiger partial charge in [0.1, 0.15) is 17.1 Å². The van der Waals surface area contributed by atoms with Crippen LogP contribution in [-0.4, -0.2) is 15.1 Å². The second kappa shape index (κ2) is 2.75. The zero-order valence-electron chi connectivity index (χ0n) is 6.37. The van der Waals surface area contributed by atoms with Gasteiger partial charge in [-0.1, -0.05) is 11.6 Å². The lowest BCUT2D eigenvalue weighted by atomic mass is 10.1. The van der Waals surface area contributed by atoms with Gasteiger partial charge in [0.25, 0.3) is 0 Å². The van der Waals surface area contributed by atoms with Gasteiger partial charge < -0.3 is 5.11 Å². The van der Waals surface area contributed by atoms with E-state index in [1.165, 1.54) is 6.33 Å². The number of halogens is 1. The third kappa shape index (κ3) is 2.13. The number of aromatic nitrogens is 2. The lowest BCUT2D eigenvalue weighted by molar-refractivity contribution is 0.0737. The number of rotatable bonds is 1. The maximum Gasteiger partial charge on any atom is 0.132 e. The van der Waals surface area contributed by atoms with E-state index in [1.807, 2.05) is 0 Å². The molecule has 0 saturated carbocycles. The van der Waals surface area contributed by atoms with Crippen LogP contribution in [0.15, 0.2) is 12.4 Å². The van der Waals surface area contributed by atoms with E-state index >= 15 is 0 Å². The Morgan fingerprint density at radius 1 is 1.45 bits per heavy atom. The first-order chi connectivity index (χ1) is 5.00. The third-order valence-corrected chi connectivity index (χ3v) is 1.47. The standard InChI is InChI=1S/C7H9ClN2O/c1-7(2,11)5-3-6(8)10-4-9-5/h3-4,11H,1-2H3. The van der Waals surface area contributed by atoms with Crippen LogP contribution >= 0.6 is 11.6 Å². The molecule has 0 bridgehead atoms. The van der Waals surface area contributed by atoms with Crippen molar-refractivity contribution in [1.29, 1.82) is 0 Å². The molecular weight excluding hydrogens is 164 g/mol. The average Bonchev–Trinajstić information content (AvgIpc) is 1.86. The Kier molecular flexibility index (Phi) is 2.11. The van der Waals surface area contributed by atoms with Crippen LogP contribution in [-0.2, 0) is 5.60 Å². The van der Waals surface area contributed by atoms with E-state index in [0.717, 1.165) is 0 Å². The largest absolute Gasteiger partial charge is 0.384 e. The van der Waals surface area contributed by atoms with E-state index in [0.29, 0.717) is 10.8 Å². The van der Waals surface area contributed by atoms with Gasteiger partial charge in [0.15, 0.2) is 0 Å². The van der Waals surface area contributed by atoms with E-state index in [2.05, 4.69) is 9.97 Å². The molecule has 0 aliphatic heterocycles. The van der Waals surface area contributed by atoms with E-state index in [-0.39, 0.29) is 0 Å². The van der Waals surface area contributed by atoms with E-state index < -0.39 is 5.60 Å². The molecule has 1 heterocycles. The molecule has 1 rings (SSSR count). The van der Waals surface area contributed by atoms with Gasteiger partial charge in [-0.3, -0.25) is 0 Å². The van der Waals surface area contributed by atoms with Gasteiger partial charge in [0, 0.05) is 0 Å². The van der Waals surface area contributed by atoms with E-state index in [1.54, 1.807) is 19.9 Å². The smallest absolute Gasteiger partial charge is 0.132 e. The molecule has 0 aliphatic rings. The first kappa shape index (κ1) is 8.43. The first-order valence-corrected chi connectivity index (χ1v) is 3.58. The van der Waals surface area contributed by atoms with Crippen molar-refractivity contribution in [1.82, 2.24) is 9.97 Å². The molecule has 1 aromatic rings. The molecule has 0 aliphatic carbocycles. The fourth-order valence-electron chi connectivity index (χ4n) is 0.668. The van der Waals surface area contributed by atoms with Gasteiger partial charge >= 0.3 is 0 Å². The Morgan fingerprint density at radius 3 is 2.45 bits per heavy atom. The number of hydrogen-bond donors (Lipinski definition) is 1.